The van der Waals surface area contributed by atoms with Crippen molar-refractivity contribution < 1.29 is 9.53 Å². The van der Waals surface area contributed by atoms with Gasteiger partial charge in [-0.25, -0.2) is 0 Å². The Balaban J connectivity index is 2.46. The van der Waals surface area contributed by atoms with Crippen LogP contribution in [0.1, 0.15) is 17.3 Å². The minimum atomic E-state index is -0.0165. The maximum atomic E-state index is 11.9. The van der Waals surface area contributed by atoms with Gasteiger partial charge in [0.1, 0.15) is 4.34 Å². The Kier molecular flexibility index (Phi) is 6.44. The first-order valence-corrected chi connectivity index (χ1v) is 6.86. The number of hydrogen-bond acceptors (Lipinski definition) is 4. The van der Waals surface area contributed by atoms with Crippen LogP contribution in [-0.2, 0) is 4.74 Å². The van der Waals surface area contributed by atoms with Gasteiger partial charge in [0.2, 0.25) is 0 Å². The number of rotatable bonds is 7. The second kappa shape index (κ2) is 7.34. The number of thiophene rings is 1. The Morgan fingerprint density at radius 2 is 2.24 bits per heavy atom. The number of carbonyl (C=O) groups excluding carboxylic acids is 1. The van der Waals surface area contributed by atoms with Crippen molar-refractivity contribution in [1.29, 1.82) is 0 Å². The summed E-state index contributed by atoms with van der Waals surface area (Å²) in [7, 11) is 1.87. The molecule has 0 aromatic carbocycles. The lowest BCUT2D eigenvalue weighted by Crippen LogP contribution is -2.29. The Morgan fingerprint density at radius 1 is 1.53 bits per heavy atom. The van der Waals surface area contributed by atoms with Crippen molar-refractivity contribution in [1.82, 2.24) is 4.90 Å². The molecule has 0 aliphatic heterocycles. The molecule has 3 nitrogen and oxygen atoms in total. The van der Waals surface area contributed by atoms with Crippen molar-refractivity contribution in [3.63, 3.8) is 0 Å². The third kappa shape index (κ3) is 4.94. The van der Waals surface area contributed by atoms with Gasteiger partial charge in [-0.05, 0) is 20.0 Å². The smallest absolute Gasteiger partial charge is 0.179 e. The maximum Gasteiger partial charge on any atom is 0.179 e. The molecule has 0 fully saturated rings. The fraction of sp³-hybridized carbons (Fsp3) is 0.545. The van der Waals surface area contributed by atoms with Gasteiger partial charge in [-0.15, -0.1) is 11.3 Å². The van der Waals surface area contributed by atoms with Crippen molar-refractivity contribution in [2.45, 2.75) is 6.92 Å². The molecule has 0 bridgehead atoms. The number of Topliss-reactive ketones (excluding diaryl/α,β-unsaturated/α-hetero) is 1. The van der Waals surface area contributed by atoms with Gasteiger partial charge in [0.05, 0.1) is 23.1 Å². The second-order valence-corrected chi connectivity index (χ2v) is 5.88. The molecule has 0 aliphatic rings. The van der Waals surface area contributed by atoms with E-state index >= 15 is 0 Å². The van der Waals surface area contributed by atoms with Crippen molar-refractivity contribution in [2.75, 3.05) is 33.4 Å². The molecule has 0 unspecified atom stereocenters. The van der Waals surface area contributed by atoms with Crippen LogP contribution in [0.25, 0.3) is 0 Å². The van der Waals surface area contributed by atoms with Crippen LogP contribution in [0.15, 0.2) is 6.07 Å². The molecule has 0 amide bonds. The van der Waals surface area contributed by atoms with Crippen LogP contribution < -0.4 is 0 Å². The highest BCUT2D eigenvalue weighted by atomic mass is 35.5. The van der Waals surface area contributed by atoms with Crippen molar-refractivity contribution in [2.24, 2.45) is 0 Å². The average Bonchev–Trinajstić information content (AvgIpc) is 2.58. The Hall–Kier alpha value is -0.130. The fourth-order valence-electron chi connectivity index (χ4n) is 1.30. The Morgan fingerprint density at radius 3 is 2.76 bits per heavy atom. The summed E-state index contributed by atoms with van der Waals surface area (Å²) in [4.78, 5) is 13.8. The van der Waals surface area contributed by atoms with Gasteiger partial charge in [0, 0.05) is 13.2 Å². The third-order valence-electron chi connectivity index (χ3n) is 2.19. The van der Waals surface area contributed by atoms with Gasteiger partial charge in [-0.1, -0.05) is 23.2 Å². The molecule has 1 rings (SSSR count). The van der Waals surface area contributed by atoms with E-state index < -0.39 is 0 Å². The number of hydrogen-bond donors (Lipinski definition) is 0. The highest BCUT2D eigenvalue weighted by Crippen LogP contribution is 2.31. The summed E-state index contributed by atoms with van der Waals surface area (Å²) in [6.45, 7) is 4.29. The van der Waals surface area contributed by atoms with E-state index in [1.54, 1.807) is 6.07 Å². The van der Waals surface area contributed by atoms with Crippen molar-refractivity contribution in [3.8, 4) is 0 Å². The van der Waals surface area contributed by atoms with E-state index in [9.17, 15) is 4.79 Å². The molecule has 1 aromatic heterocycles. The van der Waals surface area contributed by atoms with E-state index in [1.165, 1.54) is 11.3 Å². The standard InChI is InChI=1S/C11H15Cl2NO2S/c1-3-16-5-4-14(2)7-9(15)8-6-10(12)17-11(8)13/h6H,3-5,7H2,1-2H3. The molecule has 6 heteroatoms. The zero-order chi connectivity index (χ0) is 12.8. The topological polar surface area (TPSA) is 29.5 Å². The summed E-state index contributed by atoms with van der Waals surface area (Å²) in [5.41, 5.74) is 0.505. The molecule has 0 spiro atoms. The van der Waals surface area contributed by atoms with Crippen LogP contribution >= 0.6 is 34.5 Å². The van der Waals surface area contributed by atoms with Crippen LogP contribution in [0.3, 0.4) is 0 Å². The molecule has 0 atom stereocenters. The van der Waals surface area contributed by atoms with Gasteiger partial charge in [0.25, 0.3) is 0 Å². The zero-order valence-electron chi connectivity index (χ0n) is 9.83. The molecule has 1 aromatic rings. The molecule has 0 N–H and O–H groups in total. The summed E-state index contributed by atoms with van der Waals surface area (Å²) in [5, 5.41) is 0. The van der Waals surface area contributed by atoms with Gasteiger partial charge in [0.15, 0.2) is 5.78 Å². The van der Waals surface area contributed by atoms with E-state index in [0.29, 0.717) is 34.0 Å². The minimum Gasteiger partial charge on any atom is -0.380 e. The lowest BCUT2D eigenvalue weighted by molar-refractivity contribution is 0.0897. The Labute approximate surface area is 115 Å². The van der Waals surface area contributed by atoms with Crippen LogP contribution in [0, 0.1) is 0 Å². The molecule has 1 heterocycles. The quantitative estimate of drug-likeness (QED) is 0.571. The van der Waals surface area contributed by atoms with E-state index in [4.69, 9.17) is 27.9 Å². The van der Waals surface area contributed by atoms with E-state index in [1.807, 2.05) is 18.9 Å². The molecule has 96 valence electrons. The van der Waals surface area contributed by atoms with E-state index in [0.717, 1.165) is 6.54 Å². The number of likely N-dealkylation sites (N-methyl/N-ethyl adjacent to an activating group) is 1. The predicted molar refractivity (Wildman–Crippen MR) is 72.7 cm³/mol. The van der Waals surface area contributed by atoms with Gasteiger partial charge < -0.3 is 4.74 Å². The van der Waals surface area contributed by atoms with Crippen LogP contribution in [0.2, 0.25) is 8.67 Å². The first kappa shape index (κ1) is 14.9. The predicted octanol–water partition coefficient (Wildman–Crippen LogP) is 3.21. The van der Waals surface area contributed by atoms with Crippen LogP contribution in [-0.4, -0.2) is 44.0 Å². The summed E-state index contributed by atoms with van der Waals surface area (Å²) < 4.78 is 6.22. The van der Waals surface area contributed by atoms with Crippen LogP contribution in [0.5, 0.6) is 0 Å². The van der Waals surface area contributed by atoms with E-state index in [2.05, 4.69) is 0 Å². The molecular formula is C11H15Cl2NO2S. The van der Waals surface area contributed by atoms with Crippen LogP contribution in [0.4, 0.5) is 0 Å². The minimum absolute atomic E-state index is 0.0165. The third-order valence-corrected chi connectivity index (χ3v) is 3.68. The maximum absolute atomic E-state index is 11.9. The highest BCUT2D eigenvalue weighted by molar-refractivity contribution is 7.20. The first-order valence-electron chi connectivity index (χ1n) is 5.29. The number of ketones is 1. The molecule has 0 radical (unpaired) electrons. The Bertz CT molecular complexity index is 382. The highest BCUT2D eigenvalue weighted by Gasteiger charge is 2.15. The lowest BCUT2D eigenvalue weighted by atomic mass is 10.2. The molecule has 17 heavy (non-hydrogen) atoms. The average molecular weight is 296 g/mol. The number of ether oxygens (including phenoxy) is 1. The number of nitrogens with zero attached hydrogens (tertiary/aromatic N) is 1. The number of carbonyl (C=O) groups is 1. The summed E-state index contributed by atoms with van der Waals surface area (Å²) in [6.07, 6.45) is 0. The molecule has 0 aliphatic carbocycles. The summed E-state index contributed by atoms with van der Waals surface area (Å²) in [5.74, 6) is -0.0165. The first-order chi connectivity index (χ1) is 8.04. The summed E-state index contributed by atoms with van der Waals surface area (Å²) >= 11 is 12.9. The van der Waals surface area contributed by atoms with Gasteiger partial charge in [-0.2, -0.15) is 0 Å². The lowest BCUT2D eigenvalue weighted by Gasteiger charge is -2.15. The zero-order valence-corrected chi connectivity index (χ0v) is 12.2. The second-order valence-electron chi connectivity index (χ2n) is 3.60. The number of halogens is 2. The molecule has 0 saturated heterocycles. The normalized spacial score (nSPS) is 11.1. The summed E-state index contributed by atoms with van der Waals surface area (Å²) in [6, 6.07) is 1.62. The largest absolute Gasteiger partial charge is 0.380 e. The van der Waals surface area contributed by atoms with E-state index in [-0.39, 0.29) is 5.78 Å². The monoisotopic (exact) mass is 295 g/mol. The van der Waals surface area contributed by atoms with Gasteiger partial charge in [-0.3, -0.25) is 9.69 Å². The SMILES string of the molecule is CCOCCN(C)CC(=O)c1cc(Cl)sc1Cl. The van der Waals surface area contributed by atoms with Crippen molar-refractivity contribution in [3.05, 3.63) is 20.3 Å². The van der Waals surface area contributed by atoms with Gasteiger partial charge >= 0.3 is 0 Å². The van der Waals surface area contributed by atoms with Crippen molar-refractivity contribution >= 4 is 40.3 Å². The molecular weight excluding hydrogens is 281 g/mol. The fourth-order valence-corrected chi connectivity index (χ4v) is 2.80. The molecule has 0 saturated carbocycles.